The number of piperidine rings is 2. The quantitative estimate of drug-likeness (QED) is 0.619. The molecule has 2 aliphatic rings. The summed E-state index contributed by atoms with van der Waals surface area (Å²) in [4.78, 5) is 2.67. The lowest BCUT2D eigenvalue weighted by atomic mass is 9.84. The summed E-state index contributed by atoms with van der Waals surface area (Å²) in [7, 11) is -1.77. The summed E-state index contributed by atoms with van der Waals surface area (Å²) in [5.74, 6) is -0.149. The molecule has 25 heavy (non-hydrogen) atoms. The van der Waals surface area contributed by atoms with Crippen molar-refractivity contribution in [1.82, 2.24) is 4.90 Å². The number of hydrogen-bond donors (Lipinski definition) is 0. The molecule has 1 aromatic carbocycles. The smallest absolute Gasteiger partial charge is 0.192 e. The van der Waals surface area contributed by atoms with E-state index in [4.69, 9.17) is 4.43 Å². The van der Waals surface area contributed by atoms with Gasteiger partial charge in [0.05, 0.1) is 0 Å². The van der Waals surface area contributed by atoms with E-state index < -0.39 is 8.32 Å². The summed E-state index contributed by atoms with van der Waals surface area (Å²) in [6, 6.07) is 8.14. The SMILES string of the molecule is CC(C)(C)[Si](C)(C)O[C@@H]1C[C@H]2CCCCN2[C@H](c2ccc(F)cc2)C1. The molecule has 0 spiro atoms. The Morgan fingerprint density at radius 3 is 2.40 bits per heavy atom. The lowest BCUT2D eigenvalue weighted by Gasteiger charge is -2.50. The molecule has 2 nitrogen and oxygen atoms in total. The van der Waals surface area contributed by atoms with E-state index in [2.05, 4.69) is 38.8 Å². The highest BCUT2D eigenvalue weighted by Crippen LogP contribution is 2.43. The first kappa shape index (κ1) is 19.1. The fourth-order valence-electron chi connectivity index (χ4n) is 4.17. The molecule has 4 heteroatoms. The fourth-order valence-corrected chi connectivity index (χ4v) is 5.55. The average Bonchev–Trinajstić information content (AvgIpc) is 2.53. The summed E-state index contributed by atoms with van der Waals surface area (Å²) in [5.41, 5.74) is 1.25. The van der Waals surface area contributed by atoms with Crippen LogP contribution in [0.5, 0.6) is 0 Å². The third-order valence-electron chi connectivity index (χ3n) is 6.62. The van der Waals surface area contributed by atoms with Gasteiger partial charge in [0.2, 0.25) is 0 Å². The van der Waals surface area contributed by atoms with E-state index in [1.165, 1.54) is 31.4 Å². The van der Waals surface area contributed by atoms with Crippen LogP contribution in [0, 0.1) is 5.82 Å². The molecule has 0 aromatic heterocycles. The number of halogens is 1. The van der Waals surface area contributed by atoms with Gasteiger partial charge in [0.1, 0.15) is 5.82 Å². The Bertz CT molecular complexity index is 581. The molecule has 0 amide bonds. The van der Waals surface area contributed by atoms with Gasteiger partial charge < -0.3 is 4.43 Å². The van der Waals surface area contributed by atoms with Crippen LogP contribution in [-0.2, 0) is 4.43 Å². The van der Waals surface area contributed by atoms with E-state index >= 15 is 0 Å². The van der Waals surface area contributed by atoms with Gasteiger partial charge in [-0.25, -0.2) is 4.39 Å². The van der Waals surface area contributed by atoms with Crippen LogP contribution in [-0.4, -0.2) is 31.9 Å². The molecule has 3 rings (SSSR count). The second-order valence-electron chi connectivity index (χ2n) is 9.43. The van der Waals surface area contributed by atoms with Crippen molar-refractivity contribution in [3.8, 4) is 0 Å². The van der Waals surface area contributed by atoms with E-state index in [-0.39, 0.29) is 10.9 Å². The van der Waals surface area contributed by atoms with E-state index in [9.17, 15) is 4.39 Å². The minimum atomic E-state index is -1.77. The first-order chi connectivity index (χ1) is 11.7. The molecule has 0 radical (unpaired) electrons. The standard InChI is InChI=1S/C21H34FNOSi/c1-21(2,3)25(4,5)24-19-14-18-8-6-7-13-23(18)20(15-19)16-9-11-17(22)12-10-16/h9-12,18-20H,6-8,13-15H2,1-5H3/t18-,19-,20+/m1/s1. The molecule has 2 aliphatic heterocycles. The van der Waals surface area contributed by atoms with Crippen LogP contribution >= 0.6 is 0 Å². The van der Waals surface area contributed by atoms with Gasteiger partial charge in [0.15, 0.2) is 8.32 Å². The van der Waals surface area contributed by atoms with E-state index in [0.717, 1.165) is 12.8 Å². The van der Waals surface area contributed by atoms with Gasteiger partial charge in [0.25, 0.3) is 0 Å². The predicted octanol–water partition coefficient (Wildman–Crippen LogP) is 5.91. The van der Waals surface area contributed by atoms with Crippen molar-refractivity contribution in [2.75, 3.05) is 6.54 Å². The Kier molecular flexibility index (Phi) is 5.43. The lowest BCUT2D eigenvalue weighted by molar-refractivity contribution is -0.0129. The molecule has 0 N–H and O–H groups in total. The molecule has 2 saturated heterocycles. The average molecular weight is 364 g/mol. The van der Waals surface area contributed by atoms with Gasteiger partial charge in [0, 0.05) is 18.2 Å². The minimum absolute atomic E-state index is 0.149. The van der Waals surface area contributed by atoms with Crippen molar-refractivity contribution in [2.24, 2.45) is 0 Å². The summed E-state index contributed by atoms with van der Waals surface area (Å²) in [6.45, 7) is 12.8. The Balaban J connectivity index is 1.82. The normalized spacial score (nSPS) is 28.6. The third-order valence-corrected chi connectivity index (χ3v) is 11.2. The van der Waals surface area contributed by atoms with Gasteiger partial charge >= 0.3 is 0 Å². The Morgan fingerprint density at radius 2 is 1.76 bits per heavy atom. The highest BCUT2D eigenvalue weighted by atomic mass is 28.4. The van der Waals surface area contributed by atoms with Crippen LogP contribution in [0.4, 0.5) is 4.39 Å². The third kappa shape index (κ3) is 4.17. The highest BCUT2D eigenvalue weighted by molar-refractivity contribution is 6.74. The van der Waals surface area contributed by atoms with Crippen molar-refractivity contribution in [3.63, 3.8) is 0 Å². The Hall–Kier alpha value is -0.713. The number of fused-ring (bicyclic) bond motifs is 1. The van der Waals surface area contributed by atoms with E-state index in [1.54, 1.807) is 12.1 Å². The summed E-state index contributed by atoms with van der Waals surface area (Å²) >= 11 is 0. The fraction of sp³-hybridized carbons (Fsp3) is 0.714. The van der Waals surface area contributed by atoms with Crippen LogP contribution in [0.3, 0.4) is 0 Å². The highest BCUT2D eigenvalue weighted by Gasteiger charge is 2.43. The maximum absolute atomic E-state index is 13.4. The molecule has 0 bridgehead atoms. The molecule has 0 unspecified atom stereocenters. The summed E-state index contributed by atoms with van der Waals surface area (Å²) in [5, 5.41) is 0.238. The van der Waals surface area contributed by atoms with Crippen molar-refractivity contribution in [1.29, 1.82) is 0 Å². The van der Waals surface area contributed by atoms with E-state index in [0.29, 0.717) is 18.2 Å². The van der Waals surface area contributed by atoms with Gasteiger partial charge in [-0.2, -0.15) is 0 Å². The van der Waals surface area contributed by atoms with Crippen molar-refractivity contribution in [2.45, 2.75) is 89.2 Å². The Labute approximate surface area is 153 Å². The largest absolute Gasteiger partial charge is 0.414 e. The first-order valence-electron chi connectivity index (χ1n) is 9.86. The number of nitrogens with zero attached hydrogens (tertiary/aromatic N) is 1. The van der Waals surface area contributed by atoms with Crippen molar-refractivity contribution in [3.05, 3.63) is 35.6 Å². The lowest BCUT2D eigenvalue weighted by Crippen LogP contribution is -2.52. The van der Waals surface area contributed by atoms with Crippen molar-refractivity contribution < 1.29 is 8.82 Å². The second kappa shape index (κ2) is 7.13. The molecule has 140 valence electrons. The van der Waals surface area contributed by atoms with Crippen LogP contribution in [0.25, 0.3) is 0 Å². The number of hydrogen-bond acceptors (Lipinski definition) is 2. The van der Waals surface area contributed by atoms with Gasteiger partial charge in [-0.05, 0) is 68.1 Å². The Morgan fingerprint density at radius 1 is 1.08 bits per heavy atom. The molecule has 1 aromatic rings. The molecular formula is C21H34FNOSi. The molecule has 0 saturated carbocycles. The second-order valence-corrected chi connectivity index (χ2v) is 14.2. The zero-order valence-corrected chi connectivity index (χ0v) is 17.5. The maximum atomic E-state index is 13.4. The van der Waals surface area contributed by atoms with Gasteiger partial charge in [-0.3, -0.25) is 4.90 Å². The zero-order chi connectivity index (χ0) is 18.2. The number of benzene rings is 1. The summed E-state index contributed by atoms with van der Waals surface area (Å²) in [6.07, 6.45) is 6.40. The minimum Gasteiger partial charge on any atom is -0.414 e. The molecular weight excluding hydrogens is 329 g/mol. The predicted molar refractivity (Wildman–Crippen MR) is 105 cm³/mol. The van der Waals surface area contributed by atoms with Crippen LogP contribution in [0.1, 0.15) is 64.5 Å². The molecule has 2 heterocycles. The van der Waals surface area contributed by atoms with Crippen molar-refractivity contribution >= 4 is 8.32 Å². The van der Waals surface area contributed by atoms with Crippen LogP contribution < -0.4 is 0 Å². The van der Waals surface area contributed by atoms with Crippen LogP contribution in [0.2, 0.25) is 18.1 Å². The van der Waals surface area contributed by atoms with Gasteiger partial charge in [-0.15, -0.1) is 0 Å². The zero-order valence-electron chi connectivity index (χ0n) is 16.5. The monoisotopic (exact) mass is 363 g/mol. The molecule has 2 fully saturated rings. The molecule has 3 atom stereocenters. The van der Waals surface area contributed by atoms with Gasteiger partial charge in [-0.1, -0.05) is 39.3 Å². The summed E-state index contributed by atoms with van der Waals surface area (Å²) < 4.78 is 20.2. The first-order valence-corrected chi connectivity index (χ1v) is 12.8. The maximum Gasteiger partial charge on any atom is 0.192 e. The topological polar surface area (TPSA) is 12.5 Å². The van der Waals surface area contributed by atoms with E-state index in [1.807, 2.05) is 12.1 Å². The number of rotatable bonds is 3. The molecule has 0 aliphatic carbocycles. The van der Waals surface area contributed by atoms with Crippen LogP contribution in [0.15, 0.2) is 24.3 Å².